The number of sulfone groups is 1. The first-order chi connectivity index (χ1) is 9.79. The summed E-state index contributed by atoms with van der Waals surface area (Å²) in [6.07, 6.45) is 0. The number of carbonyl (C=O) groups excluding carboxylic acids is 1. The van der Waals surface area contributed by atoms with Crippen molar-refractivity contribution in [1.82, 2.24) is 0 Å². The number of hydrogen-bond acceptors (Lipinski definition) is 3. The zero-order valence-electron chi connectivity index (χ0n) is 10.5. The Labute approximate surface area is 131 Å². The van der Waals surface area contributed by atoms with Gasteiger partial charge in [0.05, 0.1) is 9.92 Å². The van der Waals surface area contributed by atoms with Gasteiger partial charge in [0.25, 0.3) is 0 Å². The fourth-order valence-electron chi connectivity index (χ4n) is 1.69. The number of rotatable bonds is 4. The van der Waals surface area contributed by atoms with Crippen molar-refractivity contribution >= 4 is 38.8 Å². The molecule has 0 atom stereocenters. The van der Waals surface area contributed by atoms with Gasteiger partial charge in [-0.15, -0.1) is 0 Å². The standard InChI is InChI=1S/C14H9Cl2FO3S/c15-9-1-6-13(16)12(7-9)14(18)8-21(19,20)11-4-2-10(17)3-5-11/h1-7H,8H2. The maximum Gasteiger partial charge on any atom is 0.185 e. The second-order valence-corrected chi connectivity index (χ2v) is 7.09. The Bertz CT molecular complexity index is 786. The average molecular weight is 347 g/mol. The lowest BCUT2D eigenvalue weighted by Crippen LogP contribution is -2.17. The number of Topliss-reactive ketones (excluding diaryl/α,β-unsaturated/α-hetero) is 1. The molecular weight excluding hydrogens is 338 g/mol. The maximum atomic E-state index is 12.8. The predicted molar refractivity (Wildman–Crippen MR) is 79.2 cm³/mol. The highest BCUT2D eigenvalue weighted by atomic mass is 35.5. The van der Waals surface area contributed by atoms with E-state index in [1.807, 2.05) is 0 Å². The van der Waals surface area contributed by atoms with Crippen LogP contribution in [0.25, 0.3) is 0 Å². The summed E-state index contributed by atoms with van der Waals surface area (Å²) >= 11 is 11.6. The fraction of sp³-hybridized carbons (Fsp3) is 0.0714. The van der Waals surface area contributed by atoms with Gasteiger partial charge in [-0.3, -0.25) is 4.79 Å². The molecule has 2 rings (SSSR count). The zero-order valence-corrected chi connectivity index (χ0v) is 12.8. The van der Waals surface area contributed by atoms with E-state index in [9.17, 15) is 17.6 Å². The molecule has 0 fully saturated rings. The molecule has 0 radical (unpaired) electrons. The predicted octanol–water partition coefficient (Wildman–Crippen LogP) is 3.79. The molecule has 0 N–H and O–H groups in total. The van der Waals surface area contributed by atoms with Gasteiger partial charge in [0, 0.05) is 10.6 Å². The van der Waals surface area contributed by atoms with Crippen LogP contribution in [0.4, 0.5) is 4.39 Å². The van der Waals surface area contributed by atoms with E-state index in [1.165, 1.54) is 18.2 Å². The SMILES string of the molecule is O=C(CS(=O)(=O)c1ccc(F)cc1)c1cc(Cl)ccc1Cl. The highest BCUT2D eigenvalue weighted by Gasteiger charge is 2.22. The van der Waals surface area contributed by atoms with E-state index in [4.69, 9.17) is 23.2 Å². The van der Waals surface area contributed by atoms with E-state index in [1.54, 1.807) is 0 Å². The molecule has 0 aromatic heterocycles. The normalized spacial score (nSPS) is 11.4. The minimum atomic E-state index is -3.87. The first-order valence-electron chi connectivity index (χ1n) is 5.76. The van der Waals surface area contributed by atoms with Crippen molar-refractivity contribution in [2.24, 2.45) is 0 Å². The van der Waals surface area contributed by atoms with Gasteiger partial charge in [0.1, 0.15) is 11.6 Å². The Morgan fingerprint density at radius 1 is 1.05 bits per heavy atom. The van der Waals surface area contributed by atoms with Crippen LogP contribution in [0.5, 0.6) is 0 Å². The molecule has 0 bridgehead atoms. The molecule has 0 aliphatic carbocycles. The molecule has 0 heterocycles. The van der Waals surface area contributed by atoms with Crippen LogP contribution in [0.3, 0.4) is 0 Å². The van der Waals surface area contributed by atoms with Crippen molar-refractivity contribution in [3.05, 3.63) is 63.9 Å². The Morgan fingerprint density at radius 3 is 2.29 bits per heavy atom. The van der Waals surface area contributed by atoms with Crippen LogP contribution in [0.2, 0.25) is 10.0 Å². The Hall–Kier alpha value is -1.43. The van der Waals surface area contributed by atoms with Crippen LogP contribution in [-0.4, -0.2) is 20.0 Å². The van der Waals surface area contributed by atoms with Crippen molar-refractivity contribution in [1.29, 1.82) is 0 Å². The smallest absolute Gasteiger partial charge is 0.185 e. The highest BCUT2D eigenvalue weighted by molar-refractivity contribution is 7.92. The number of benzene rings is 2. The molecule has 0 spiro atoms. The molecule has 2 aromatic carbocycles. The number of carbonyl (C=O) groups is 1. The summed E-state index contributed by atoms with van der Waals surface area (Å²) in [6.45, 7) is 0. The second kappa shape index (κ2) is 6.13. The molecule has 0 aliphatic heterocycles. The third-order valence-electron chi connectivity index (χ3n) is 2.72. The number of hydrogen-bond donors (Lipinski definition) is 0. The van der Waals surface area contributed by atoms with E-state index in [0.29, 0.717) is 0 Å². The lowest BCUT2D eigenvalue weighted by molar-refractivity contribution is 0.102. The molecule has 0 aliphatic rings. The van der Waals surface area contributed by atoms with Gasteiger partial charge in [-0.05, 0) is 42.5 Å². The fourth-order valence-corrected chi connectivity index (χ4v) is 3.30. The minimum Gasteiger partial charge on any atom is -0.293 e. The molecular formula is C14H9Cl2FO3S. The summed E-state index contributed by atoms with van der Waals surface area (Å²) in [5.74, 6) is -2.00. The van der Waals surface area contributed by atoms with E-state index in [2.05, 4.69) is 0 Å². The van der Waals surface area contributed by atoms with Crippen molar-refractivity contribution in [2.45, 2.75) is 4.90 Å². The van der Waals surface area contributed by atoms with E-state index < -0.39 is 27.2 Å². The molecule has 0 unspecified atom stereocenters. The van der Waals surface area contributed by atoms with Crippen molar-refractivity contribution in [2.75, 3.05) is 5.75 Å². The molecule has 0 amide bonds. The van der Waals surface area contributed by atoms with Gasteiger partial charge in [0.15, 0.2) is 15.6 Å². The molecule has 2 aromatic rings. The Balaban J connectivity index is 2.30. The van der Waals surface area contributed by atoms with Crippen molar-refractivity contribution < 1.29 is 17.6 Å². The Kier molecular flexibility index (Phi) is 4.66. The van der Waals surface area contributed by atoms with Crippen LogP contribution in [0, 0.1) is 5.82 Å². The molecule has 0 saturated carbocycles. The molecule has 3 nitrogen and oxygen atoms in total. The first-order valence-corrected chi connectivity index (χ1v) is 8.17. The number of ketones is 1. The molecule has 7 heteroatoms. The average Bonchev–Trinajstić information content (AvgIpc) is 2.41. The summed E-state index contributed by atoms with van der Waals surface area (Å²) in [6, 6.07) is 8.48. The van der Waals surface area contributed by atoms with E-state index >= 15 is 0 Å². The van der Waals surface area contributed by atoms with Crippen LogP contribution in [0.1, 0.15) is 10.4 Å². The van der Waals surface area contributed by atoms with Gasteiger partial charge in [-0.25, -0.2) is 12.8 Å². The van der Waals surface area contributed by atoms with Crippen molar-refractivity contribution in [3.63, 3.8) is 0 Å². The first kappa shape index (κ1) is 15.9. The summed E-state index contributed by atoms with van der Waals surface area (Å²) < 4.78 is 37.0. The maximum absolute atomic E-state index is 12.8. The lowest BCUT2D eigenvalue weighted by atomic mass is 10.1. The molecule has 21 heavy (non-hydrogen) atoms. The summed E-state index contributed by atoms with van der Waals surface area (Å²) in [5, 5.41) is 0.403. The summed E-state index contributed by atoms with van der Waals surface area (Å²) in [5.41, 5.74) is 0.0369. The number of halogens is 3. The van der Waals surface area contributed by atoms with E-state index in [-0.39, 0.29) is 20.5 Å². The highest BCUT2D eigenvalue weighted by Crippen LogP contribution is 2.22. The quantitative estimate of drug-likeness (QED) is 0.625. The van der Waals surface area contributed by atoms with Crippen LogP contribution in [-0.2, 0) is 9.84 Å². The lowest BCUT2D eigenvalue weighted by Gasteiger charge is -2.06. The van der Waals surface area contributed by atoms with Crippen molar-refractivity contribution in [3.8, 4) is 0 Å². The van der Waals surface area contributed by atoms with Gasteiger partial charge >= 0.3 is 0 Å². The van der Waals surface area contributed by atoms with Gasteiger partial charge in [-0.1, -0.05) is 23.2 Å². The minimum absolute atomic E-state index is 0.0369. The van der Waals surface area contributed by atoms with E-state index in [0.717, 1.165) is 24.3 Å². The largest absolute Gasteiger partial charge is 0.293 e. The van der Waals surface area contributed by atoms with Gasteiger partial charge < -0.3 is 0 Å². The monoisotopic (exact) mass is 346 g/mol. The third kappa shape index (κ3) is 3.81. The summed E-state index contributed by atoms with van der Waals surface area (Å²) in [7, 11) is -3.87. The Morgan fingerprint density at radius 2 is 1.67 bits per heavy atom. The second-order valence-electron chi connectivity index (χ2n) is 4.26. The summed E-state index contributed by atoms with van der Waals surface area (Å²) in [4.78, 5) is 11.9. The van der Waals surface area contributed by atoms with Gasteiger partial charge in [-0.2, -0.15) is 0 Å². The third-order valence-corrected chi connectivity index (χ3v) is 4.92. The van der Waals surface area contributed by atoms with Gasteiger partial charge in [0.2, 0.25) is 0 Å². The van der Waals surface area contributed by atoms with Crippen LogP contribution < -0.4 is 0 Å². The van der Waals surface area contributed by atoms with Crippen LogP contribution >= 0.6 is 23.2 Å². The zero-order chi connectivity index (χ0) is 15.6. The molecule has 0 saturated heterocycles. The molecule has 110 valence electrons. The topological polar surface area (TPSA) is 51.2 Å². The van der Waals surface area contributed by atoms with Crippen LogP contribution in [0.15, 0.2) is 47.4 Å².